The van der Waals surface area contributed by atoms with Crippen LogP contribution in [0.4, 0.5) is 0 Å². The summed E-state index contributed by atoms with van der Waals surface area (Å²) in [5, 5.41) is 2.89. The van der Waals surface area contributed by atoms with Crippen molar-refractivity contribution in [3.05, 3.63) is 58.7 Å². The molecule has 0 fully saturated rings. The van der Waals surface area contributed by atoms with Gasteiger partial charge in [-0.05, 0) is 42.7 Å². The second-order valence-electron chi connectivity index (χ2n) is 6.45. The van der Waals surface area contributed by atoms with Crippen molar-refractivity contribution in [3.8, 4) is 11.5 Å². The van der Waals surface area contributed by atoms with Crippen molar-refractivity contribution >= 4 is 5.91 Å². The Balaban J connectivity index is 1.60. The number of methoxy groups -OCH3 is 1. The summed E-state index contributed by atoms with van der Waals surface area (Å²) in [7, 11) is 1.61. The molecular weight excluding hydrogens is 316 g/mol. The zero-order valence-corrected chi connectivity index (χ0v) is 14.8. The van der Waals surface area contributed by atoms with Crippen molar-refractivity contribution in [3.63, 3.8) is 0 Å². The molecule has 5 nitrogen and oxygen atoms in total. The van der Waals surface area contributed by atoms with Gasteiger partial charge in [0.05, 0.1) is 13.2 Å². The van der Waals surface area contributed by atoms with Gasteiger partial charge < -0.3 is 20.5 Å². The van der Waals surface area contributed by atoms with Crippen LogP contribution >= 0.6 is 0 Å². The smallest absolute Gasteiger partial charge is 0.261 e. The molecule has 0 aliphatic carbocycles. The summed E-state index contributed by atoms with van der Waals surface area (Å²) in [6, 6.07) is 11.3. The lowest BCUT2D eigenvalue weighted by Crippen LogP contribution is -2.40. The van der Waals surface area contributed by atoms with Gasteiger partial charge in [0.2, 0.25) is 0 Å². The number of nitrogens with two attached hydrogens (primary N) is 1. The number of aryl methyl sites for hydroxylation is 2. The number of hydrogen-bond donors (Lipinski definition) is 2. The van der Waals surface area contributed by atoms with Crippen LogP contribution in [0.1, 0.15) is 28.3 Å². The van der Waals surface area contributed by atoms with Gasteiger partial charge in [0.15, 0.2) is 6.10 Å². The SMILES string of the molecule is COc1ccccc1C(N)CNC(=O)C1Cc2cc(C)c(C)cc2O1. The molecular formula is C20H24N2O3. The highest BCUT2D eigenvalue weighted by Gasteiger charge is 2.29. The fraction of sp³-hybridized carbons (Fsp3) is 0.350. The van der Waals surface area contributed by atoms with Crippen LogP contribution in [0.3, 0.4) is 0 Å². The molecule has 3 N–H and O–H groups in total. The monoisotopic (exact) mass is 340 g/mol. The number of para-hydroxylation sites is 1. The third-order valence-electron chi connectivity index (χ3n) is 4.68. The van der Waals surface area contributed by atoms with E-state index >= 15 is 0 Å². The average molecular weight is 340 g/mol. The number of ether oxygens (including phenoxy) is 2. The molecule has 2 aromatic carbocycles. The Hall–Kier alpha value is -2.53. The Morgan fingerprint density at radius 2 is 2.04 bits per heavy atom. The molecule has 0 saturated carbocycles. The van der Waals surface area contributed by atoms with E-state index in [0.717, 1.165) is 28.2 Å². The lowest BCUT2D eigenvalue weighted by molar-refractivity contribution is -0.127. The maximum Gasteiger partial charge on any atom is 0.261 e. The van der Waals surface area contributed by atoms with Gasteiger partial charge >= 0.3 is 0 Å². The molecule has 2 aromatic rings. The van der Waals surface area contributed by atoms with Crippen LogP contribution in [0.5, 0.6) is 11.5 Å². The van der Waals surface area contributed by atoms with Crippen LogP contribution in [0.25, 0.3) is 0 Å². The highest BCUT2D eigenvalue weighted by Crippen LogP contribution is 2.31. The van der Waals surface area contributed by atoms with Crippen molar-refractivity contribution in [2.75, 3.05) is 13.7 Å². The fourth-order valence-corrected chi connectivity index (χ4v) is 3.07. The molecule has 2 unspecified atom stereocenters. The van der Waals surface area contributed by atoms with Gasteiger partial charge in [-0.1, -0.05) is 24.3 Å². The standard InChI is InChI=1S/C20H24N2O3/c1-12-8-14-10-19(25-18(14)9-13(12)2)20(23)22-11-16(21)15-6-4-5-7-17(15)24-3/h4-9,16,19H,10-11,21H2,1-3H3,(H,22,23). The molecule has 0 radical (unpaired) electrons. The van der Waals surface area contributed by atoms with Crippen LogP contribution in [0.15, 0.2) is 36.4 Å². The van der Waals surface area contributed by atoms with Gasteiger partial charge in [-0.2, -0.15) is 0 Å². The largest absolute Gasteiger partial charge is 0.496 e. The molecule has 3 rings (SSSR count). The van der Waals surface area contributed by atoms with Gasteiger partial charge in [0, 0.05) is 18.5 Å². The van der Waals surface area contributed by atoms with E-state index in [2.05, 4.69) is 18.3 Å². The first-order chi connectivity index (χ1) is 12.0. The fourth-order valence-electron chi connectivity index (χ4n) is 3.07. The van der Waals surface area contributed by atoms with Crippen LogP contribution in [0.2, 0.25) is 0 Å². The maximum absolute atomic E-state index is 12.5. The maximum atomic E-state index is 12.5. The van der Waals surface area contributed by atoms with Crippen LogP contribution in [-0.2, 0) is 11.2 Å². The minimum absolute atomic E-state index is 0.142. The highest BCUT2D eigenvalue weighted by molar-refractivity contribution is 5.82. The number of nitrogens with one attached hydrogen (secondary N) is 1. The summed E-state index contributed by atoms with van der Waals surface area (Å²) in [4.78, 5) is 12.5. The van der Waals surface area contributed by atoms with E-state index in [-0.39, 0.29) is 11.9 Å². The van der Waals surface area contributed by atoms with Crippen molar-refractivity contribution < 1.29 is 14.3 Å². The van der Waals surface area contributed by atoms with Crippen molar-refractivity contribution in [2.45, 2.75) is 32.4 Å². The third-order valence-corrected chi connectivity index (χ3v) is 4.68. The number of amides is 1. The summed E-state index contributed by atoms with van der Waals surface area (Å²) in [5.74, 6) is 1.38. The highest BCUT2D eigenvalue weighted by atomic mass is 16.5. The number of rotatable bonds is 5. The van der Waals surface area contributed by atoms with E-state index in [0.29, 0.717) is 13.0 Å². The molecule has 1 amide bonds. The van der Waals surface area contributed by atoms with Gasteiger partial charge in [-0.15, -0.1) is 0 Å². The van der Waals surface area contributed by atoms with E-state index in [1.54, 1.807) is 7.11 Å². The van der Waals surface area contributed by atoms with E-state index in [1.165, 1.54) is 5.56 Å². The normalized spacial score (nSPS) is 16.7. The Labute approximate surface area is 148 Å². The topological polar surface area (TPSA) is 73.6 Å². The zero-order valence-electron chi connectivity index (χ0n) is 14.8. The van der Waals surface area contributed by atoms with Crippen molar-refractivity contribution in [2.24, 2.45) is 5.73 Å². The molecule has 0 spiro atoms. The number of carbonyl (C=O) groups is 1. The first kappa shape index (κ1) is 17.3. The van der Waals surface area contributed by atoms with Gasteiger partial charge in [-0.25, -0.2) is 0 Å². The molecule has 132 valence electrons. The number of benzene rings is 2. The Morgan fingerprint density at radius 1 is 1.32 bits per heavy atom. The molecule has 1 aliphatic rings. The molecule has 1 aliphatic heterocycles. The lowest BCUT2D eigenvalue weighted by atomic mass is 10.0. The first-order valence-electron chi connectivity index (χ1n) is 8.42. The van der Waals surface area contributed by atoms with Gasteiger partial charge in [0.25, 0.3) is 5.91 Å². The molecule has 25 heavy (non-hydrogen) atoms. The van der Waals surface area contributed by atoms with Gasteiger partial charge in [0.1, 0.15) is 11.5 Å². The minimum Gasteiger partial charge on any atom is -0.496 e. The number of fused-ring (bicyclic) bond motifs is 1. The van der Waals surface area contributed by atoms with Gasteiger partial charge in [-0.3, -0.25) is 4.79 Å². The predicted octanol–water partition coefficient (Wildman–Crippen LogP) is 2.43. The summed E-state index contributed by atoms with van der Waals surface area (Å²) >= 11 is 0. The van der Waals surface area contributed by atoms with E-state index in [4.69, 9.17) is 15.2 Å². The molecule has 2 atom stereocenters. The molecule has 0 bridgehead atoms. The van der Waals surface area contributed by atoms with E-state index in [1.807, 2.05) is 37.3 Å². The van der Waals surface area contributed by atoms with Crippen LogP contribution < -0.4 is 20.5 Å². The quantitative estimate of drug-likeness (QED) is 0.877. The Kier molecular flexibility index (Phi) is 4.95. The molecule has 1 heterocycles. The van der Waals surface area contributed by atoms with E-state index < -0.39 is 6.10 Å². The molecule has 0 aromatic heterocycles. The first-order valence-corrected chi connectivity index (χ1v) is 8.42. The van der Waals surface area contributed by atoms with E-state index in [9.17, 15) is 4.79 Å². The average Bonchev–Trinajstić information content (AvgIpc) is 3.02. The van der Waals surface area contributed by atoms with Crippen molar-refractivity contribution in [1.29, 1.82) is 0 Å². The van der Waals surface area contributed by atoms with Crippen LogP contribution in [0, 0.1) is 13.8 Å². The summed E-state index contributed by atoms with van der Waals surface area (Å²) in [6.45, 7) is 4.43. The minimum atomic E-state index is -0.499. The lowest BCUT2D eigenvalue weighted by Gasteiger charge is -2.17. The predicted molar refractivity (Wildman–Crippen MR) is 97.0 cm³/mol. The summed E-state index contributed by atoms with van der Waals surface area (Å²) in [6.07, 6.45) is 0.0905. The zero-order chi connectivity index (χ0) is 18.0. The molecule has 5 heteroatoms. The summed E-state index contributed by atoms with van der Waals surface area (Å²) in [5.41, 5.74) is 10.5. The van der Waals surface area contributed by atoms with Crippen molar-refractivity contribution in [1.82, 2.24) is 5.32 Å². The third kappa shape index (κ3) is 3.61. The van der Waals surface area contributed by atoms with Crippen LogP contribution in [-0.4, -0.2) is 25.7 Å². The second-order valence-corrected chi connectivity index (χ2v) is 6.45. The number of carbonyl (C=O) groups excluding carboxylic acids is 1. The summed E-state index contributed by atoms with van der Waals surface area (Å²) < 4.78 is 11.1. The Morgan fingerprint density at radius 3 is 2.80 bits per heavy atom. The second kappa shape index (κ2) is 7.15. The molecule has 0 saturated heterocycles. The Bertz CT molecular complexity index is 758. The number of hydrogen-bond acceptors (Lipinski definition) is 4.